The standard InChI is InChI=1S/C14H16FN3O2/c1-8(19)17-11-4-5-12(15)13(7-11)18-14(20)9-2-3-10(16)6-9/h2-5,7,9-10H,6,16H2,1H3,(H,17,19)(H,18,20). The maximum absolute atomic E-state index is 13.7. The molecule has 1 aliphatic rings. The van der Waals surface area contributed by atoms with Crippen LogP contribution >= 0.6 is 0 Å². The van der Waals surface area contributed by atoms with E-state index in [4.69, 9.17) is 5.73 Å². The van der Waals surface area contributed by atoms with Gasteiger partial charge in [0.15, 0.2) is 0 Å². The molecule has 1 aromatic rings. The van der Waals surface area contributed by atoms with E-state index in [1.165, 1.54) is 25.1 Å². The van der Waals surface area contributed by atoms with Gasteiger partial charge in [-0.15, -0.1) is 0 Å². The number of hydrogen-bond donors (Lipinski definition) is 3. The maximum atomic E-state index is 13.7. The van der Waals surface area contributed by atoms with Crippen LogP contribution in [0.25, 0.3) is 0 Å². The quantitative estimate of drug-likeness (QED) is 0.734. The van der Waals surface area contributed by atoms with Crippen molar-refractivity contribution in [3.05, 3.63) is 36.2 Å². The summed E-state index contributed by atoms with van der Waals surface area (Å²) >= 11 is 0. The van der Waals surface area contributed by atoms with Crippen LogP contribution in [-0.2, 0) is 9.59 Å². The zero-order valence-electron chi connectivity index (χ0n) is 11.0. The van der Waals surface area contributed by atoms with E-state index in [0.717, 1.165) is 0 Å². The average Bonchev–Trinajstić information content (AvgIpc) is 2.79. The van der Waals surface area contributed by atoms with Crippen molar-refractivity contribution in [3.8, 4) is 0 Å². The van der Waals surface area contributed by atoms with Gasteiger partial charge in [-0.2, -0.15) is 0 Å². The molecule has 2 atom stereocenters. The molecule has 2 unspecified atom stereocenters. The van der Waals surface area contributed by atoms with Gasteiger partial charge < -0.3 is 16.4 Å². The highest BCUT2D eigenvalue weighted by molar-refractivity contribution is 5.95. The summed E-state index contributed by atoms with van der Waals surface area (Å²) in [5.74, 6) is -1.49. The van der Waals surface area contributed by atoms with Gasteiger partial charge >= 0.3 is 0 Å². The largest absolute Gasteiger partial charge is 0.326 e. The third-order valence-corrected chi connectivity index (χ3v) is 3.00. The van der Waals surface area contributed by atoms with Gasteiger partial charge in [0.1, 0.15) is 5.82 Å². The lowest BCUT2D eigenvalue weighted by Gasteiger charge is -2.12. The van der Waals surface area contributed by atoms with E-state index in [2.05, 4.69) is 10.6 Å². The van der Waals surface area contributed by atoms with Gasteiger partial charge in [-0.3, -0.25) is 9.59 Å². The van der Waals surface area contributed by atoms with Gasteiger partial charge in [0.05, 0.1) is 11.6 Å². The van der Waals surface area contributed by atoms with Gasteiger partial charge in [-0.25, -0.2) is 4.39 Å². The molecule has 0 fully saturated rings. The Morgan fingerprint density at radius 3 is 2.65 bits per heavy atom. The SMILES string of the molecule is CC(=O)Nc1ccc(F)c(NC(=O)C2C=CC(N)C2)c1. The first-order valence-corrected chi connectivity index (χ1v) is 6.27. The number of nitrogens with two attached hydrogens (primary N) is 1. The Labute approximate surface area is 116 Å². The smallest absolute Gasteiger partial charge is 0.231 e. The molecule has 0 aromatic heterocycles. The predicted octanol–water partition coefficient (Wildman–Crippen LogP) is 1.63. The Balaban J connectivity index is 2.10. The van der Waals surface area contributed by atoms with Crippen LogP contribution in [0.5, 0.6) is 0 Å². The zero-order valence-corrected chi connectivity index (χ0v) is 11.0. The molecule has 2 rings (SSSR count). The molecular formula is C14H16FN3O2. The maximum Gasteiger partial charge on any atom is 0.231 e. The number of carbonyl (C=O) groups excluding carboxylic acids is 2. The second-order valence-corrected chi connectivity index (χ2v) is 4.76. The van der Waals surface area contributed by atoms with Crippen molar-refractivity contribution in [1.29, 1.82) is 0 Å². The van der Waals surface area contributed by atoms with Gasteiger partial charge in [0.25, 0.3) is 0 Å². The van der Waals surface area contributed by atoms with E-state index in [-0.39, 0.29) is 29.5 Å². The molecular weight excluding hydrogens is 261 g/mol. The molecule has 2 amide bonds. The molecule has 0 radical (unpaired) electrons. The Morgan fingerprint density at radius 1 is 1.30 bits per heavy atom. The van der Waals surface area contributed by atoms with E-state index < -0.39 is 5.82 Å². The molecule has 106 valence electrons. The molecule has 6 heteroatoms. The second-order valence-electron chi connectivity index (χ2n) is 4.76. The topological polar surface area (TPSA) is 84.2 Å². The first kappa shape index (κ1) is 14.2. The van der Waals surface area contributed by atoms with Crippen LogP contribution < -0.4 is 16.4 Å². The van der Waals surface area contributed by atoms with Crippen LogP contribution in [0.3, 0.4) is 0 Å². The number of carbonyl (C=O) groups is 2. The second kappa shape index (κ2) is 5.83. The van der Waals surface area contributed by atoms with Crippen LogP contribution in [0, 0.1) is 11.7 Å². The minimum Gasteiger partial charge on any atom is -0.326 e. The van der Waals surface area contributed by atoms with E-state index in [1.54, 1.807) is 12.2 Å². The molecule has 0 bridgehead atoms. The van der Waals surface area contributed by atoms with E-state index >= 15 is 0 Å². The first-order chi connectivity index (χ1) is 9.45. The number of anilines is 2. The summed E-state index contributed by atoms with van der Waals surface area (Å²) in [4.78, 5) is 22.9. The number of hydrogen-bond acceptors (Lipinski definition) is 3. The minimum absolute atomic E-state index is 0.0371. The predicted molar refractivity (Wildman–Crippen MR) is 74.6 cm³/mol. The molecule has 1 aromatic carbocycles. The summed E-state index contributed by atoms with van der Waals surface area (Å²) in [6.45, 7) is 1.35. The minimum atomic E-state index is -0.557. The molecule has 5 nitrogen and oxygen atoms in total. The fraction of sp³-hybridized carbons (Fsp3) is 0.286. The summed E-state index contributed by atoms with van der Waals surface area (Å²) in [6, 6.07) is 3.86. The summed E-state index contributed by atoms with van der Waals surface area (Å²) in [5, 5.41) is 5.05. The van der Waals surface area contributed by atoms with Crippen molar-refractivity contribution >= 4 is 23.2 Å². The van der Waals surface area contributed by atoms with Gasteiger partial charge in [0.2, 0.25) is 11.8 Å². The van der Waals surface area contributed by atoms with Gasteiger partial charge in [-0.1, -0.05) is 12.2 Å². The Kier molecular flexibility index (Phi) is 4.14. The molecule has 0 spiro atoms. The summed E-state index contributed by atoms with van der Waals surface area (Å²) < 4.78 is 13.7. The van der Waals surface area contributed by atoms with Crippen LogP contribution in [0.4, 0.5) is 15.8 Å². The lowest BCUT2D eigenvalue weighted by Crippen LogP contribution is -2.24. The van der Waals surface area contributed by atoms with E-state index in [9.17, 15) is 14.0 Å². The van der Waals surface area contributed by atoms with Crippen molar-refractivity contribution in [2.75, 3.05) is 10.6 Å². The Bertz CT molecular complexity index is 572. The molecule has 0 saturated heterocycles. The zero-order chi connectivity index (χ0) is 14.7. The highest BCUT2D eigenvalue weighted by atomic mass is 19.1. The van der Waals surface area contributed by atoms with Crippen molar-refractivity contribution < 1.29 is 14.0 Å². The highest BCUT2D eigenvalue weighted by Crippen LogP contribution is 2.23. The number of benzene rings is 1. The van der Waals surface area contributed by atoms with Crippen molar-refractivity contribution in [2.45, 2.75) is 19.4 Å². The Hall–Kier alpha value is -2.21. The molecule has 0 saturated carbocycles. The fourth-order valence-corrected chi connectivity index (χ4v) is 2.05. The van der Waals surface area contributed by atoms with E-state index in [1.807, 2.05) is 0 Å². The van der Waals surface area contributed by atoms with Crippen LogP contribution in [0.1, 0.15) is 13.3 Å². The third-order valence-electron chi connectivity index (χ3n) is 3.00. The molecule has 20 heavy (non-hydrogen) atoms. The lowest BCUT2D eigenvalue weighted by atomic mass is 10.1. The number of rotatable bonds is 3. The van der Waals surface area contributed by atoms with Crippen molar-refractivity contribution in [1.82, 2.24) is 0 Å². The van der Waals surface area contributed by atoms with Crippen molar-refractivity contribution in [2.24, 2.45) is 11.7 Å². The number of halogens is 1. The number of amides is 2. The lowest BCUT2D eigenvalue weighted by molar-refractivity contribution is -0.118. The van der Waals surface area contributed by atoms with Crippen LogP contribution in [0.2, 0.25) is 0 Å². The molecule has 4 N–H and O–H groups in total. The third kappa shape index (κ3) is 3.42. The number of nitrogens with one attached hydrogen (secondary N) is 2. The van der Waals surface area contributed by atoms with Gasteiger partial charge in [-0.05, 0) is 24.6 Å². The monoisotopic (exact) mass is 277 g/mol. The highest BCUT2D eigenvalue weighted by Gasteiger charge is 2.23. The average molecular weight is 277 g/mol. The molecule has 0 aliphatic heterocycles. The van der Waals surface area contributed by atoms with Crippen LogP contribution in [0.15, 0.2) is 30.4 Å². The Morgan fingerprint density at radius 2 is 2.05 bits per heavy atom. The summed E-state index contributed by atoms with van der Waals surface area (Å²) in [6.07, 6.45) is 3.99. The first-order valence-electron chi connectivity index (χ1n) is 6.27. The molecule has 0 heterocycles. The van der Waals surface area contributed by atoms with Crippen LogP contribution in [-0.4, -0.2) is 17.9 Å². The summed E-state index contributed by atoms with van der Waals surface area (Å²) in [7, 11) is 0. The van der Waals surface area contributed by atoms with Crippen molar-refractivity contribution in [3.63, 3.8) is 0 Å². The summed E-state index contributed by atoms with van der Waals surface area (Å²) in [5.41, 5.74) is 6.14. The molecule has 1 aliphatic carbocycles. The normalized spacial score (nSPS) is 20.8. The van der Waals surface area contributed by atoms with E-state index in [0.29, 0.717) is 12.1 Å². The van der Waals surface area contributed by atoms with Gasteiger partial charge in [0, 0.05) is 18.7 Å². The fourth-order valence-electron chi connectivity index (χ4n) is 2.05.